The zero-order valence-electron chi connectivity index (χ0n) is 16.0. The number of nitrogens with zero attached hydrogens (tertiary/aromatic N) is 3. The van der Waals surface area contributed by atoms with Gasteiger partial charge in [0, 0.05) is 5.02 Å². The van der Waals surface area contributed by atoms with Crippen LogP contribution in [0.4, 0.5) is 0 Å². The topological polar surface area (TPSA) is 83.3 Å². The number of aromatic nitrogens is 3. The van der Waals surface area contributed by atoms with Crippen molar-refractivity contribution in [2.24, 2.45) is 5.41 Å². The van der Waals surface area contributed by atoms with Crippen molar-refractivity contribution in [3.63, 3.8) is 0 Å². The molecule has 0 amide bonds. The zero-order valence-corrected chi connectivity index (χ0v) is 16.7. The molecule has 150 valence electrons. The molecule has 1 unspecified atom stereocenters. The number of rotatable bonds is 8. The first kappa shape index (κ1) is 20.5. The van der Waals surface area contributed by atoms with Crippen molar-refractivity contribution in [1.82, 2.24) is 14.8 Å². The van der Waals surface area contributed by atoms with E-state index in [2.05, 4.69) is 10.1 Å². The number of halogens is 1. The Bertz CT molecular complexity index is 957. The maximum absolute atomic E-state index is 13.3. The number of hydrogen-bond acceptors (Lipinski definition) is 6. The number of Topliss-reactive ketones (excluding diaryl/α,β-unsaturated/α-hetero) is 1. The number of carbonyl (C=O) groups excluding carboxylic acids is 2. The third-order valence-electron chi connectivity index (χ3n) is 4.20. The fourth-order valence-electron chi connectivity index (χ4n) is 2.52. The minimum Gasteiger partial charge on any atom is -0.461 e. The molecule has 7 nitrogen and oxygen atoms in total. The Kier molecular flexibility index (Phi) is 6.29. The van der Waals surface area contributed by atoms with Crippen LogP contribution in [0.1, 0.15) is 30.4 Å². The van der Waals surface area contributed by atoms with Crippen molar-refractivity contribution in [3.05, 3.63) is 77.8 Å². The fraction of sp³-hybridized carbons (Fsp3) is 0.238. The molecule has 0 saturated heterocycles. The van der Waals surface area contributed by atoms with Crippen molar-refractivity contribution >= 4 is 23.4 Å². The van der Waals surface area contributed by atoms with Gasteiger partial charge in [-0.1, -0.05) is 29.8 Å². The SMILES string of the molecule is CC(C)(COC(=O)c1ccccc1)C(=O)C(Oc1ccc(Cl)cc1)n1cncn1. The lowest BCUT2D eigenvalue weighted by molar-refractivity contribution is -0.141. The van der Waals surface area contributed by atoms with Gasteiger partial charge in [-0.25, -0.2) is 14.5 Å². The van der Waals surface area contributed by atoms with E-state index in [1.165, 1.54) is 17.3 Å². The van der Waals surface area contributed by atoms with Gasteiger partial charge in [-0.2, -0.15) is 5.10 Å². The van der Waals surface area contributed by atoms with Crippen LogP contribution in [-0.2, 0) is 9.53 Å². The molecule has 1 heterocycles. The Hall–Kier alpha value is -3.19. The smallest absolute Gasteiger partial charge is 0.338 e. The van der Waals surface area contributed by atoms with Crippen molar-refractivity contribution in [3.8, 4) is 5.75 Å². The van der Waals surface area contributed by atoms with Gasteiger partial charge in [0.1, 0.15) is 25.0 Å². The average molecular weight is 414 g/mol. The predicted molar refractivity (Wildman–Crippen MR) is 107 cm³/mol. The summed E-state index contributed by atoms with van der Waals surface area (Å²) in [6, 6.07) is 15.2. The zero-order chi connectivity index (χ0) is 20.9. The van der Waals surface area contributed by atoms with Crippen molar-refractivity contribution in [1.29, 1.82) is 0 Å². The molecule has 0 fully saturated rings. The van der Waals surface area contributed by atoms with Gasteiger partial charge in [0.25, 0.3) is 6.23 Å². The monoisotopic (exact) mass is 413 g/mol. The molecule has 2 aromatic carbocycles. The maximum atomic E-state index is 13.3. The minimum absolute atomic E-state index is 0.116. The van der Waals surface area contributed by atoms with Crippen LogP contribution in [0.25, 0.3) is 0 Å². The van der Waals surface area contributed by atoms with Gasteiger partial charge >= 0.3 is 5.97 Å². The number of hydrogen-bond donors (Lipinski definition) is 0. The van der Waals surface area contributed by atoms with E-state index in [0.29, 0.717) is 16.3 Å². The molecule has 0 aliphatic carbocycles. The van der Waals surface area contributed by atoms with Gasteiger partial charge in [0.05, 0.1) is 11.0 Å². The molecule has 0 N–H and O–H groups in total. The maximum Gasteiger partial charge on any atom is 0.338 e. The summed E-state index contributed by atoms with van der Waals surface area (Å²) in [4.78, 5) is 29.4. The van der Waals surface area contributed by atoms with Gasteiger partial charge in [0.15, 0.2) is 0 Å². The molecule has 3 rings (SSSR count). The Morgan fingerprint density at radius 2 is 1.79 bits per heavy atom. The molecule has 0 radical (unpaired) electrons. The third-order valence-corrected chi connectivity index (χ3v) is 4.46. The van der Waals surface area contributed by atoms with Crippen LogP contribution < -0.4 is 4.74 Å². The number of benzene rings is 2. The van der Waals surface area contributed by atoms with E-state index < -0.39 is 17.6 Å². The van der Waals surface area contributed by atoms with E-state index in [9.17, 15) is 9.59 Å². The summed E-state index contributed by atoms with van der Waals surface area (Å²) < 4.78 is 12.6. The van der Waals surface area contributed by atoms with Crippen molar-refractivity contribution < 1.29 is 19.1 Å². The number of ether oxygens (including phenoxy) is 2. The van der Waals surface area contributed by atoms with Gasteiger partial charge in [-0.3, -0.25) is 4.79 Å². The van der Waals surface area contributed by atoms with Gasteiger partial charge in [0.2, 0.25) is 5.78 Å². The summed E-state index contributed by atoms with van der Waals surface area (Å²) in [5.41, 5.74) is -0.617. The first-order valence-electron chi connectivity index (χ1n) is 8.90. The Balaban J connectivity index is 1.75. The molecule has 3 aromatic rings. The second-order valence-corrected chi connectivity index (χ2v) is 7.43. The Morgan fingerprint density at radius 3 is 2.41 bits per heavy atom. The molecule has 0 aliphatic rings. The van der Waals surface area contributed by atoms with E-state index in [4.69, 9.17) is 21.1 Å². The van der Waals surface area contributed by atoms with E-state index >= 15 is 0 Å². The second kappa shape index (κ2) is 8.87. The largest absolute Gasteiger partial charge is 0.461 e. The van der Waals surface area contributed by atoms with Crippen LogP contribution in [0.15, 0.2) is 67.3 Å². The number of ketones is 1. The lowest BCUT2D eigenvalue weighted by Gasteiger charge is -2.28. The summed E-state index contributed by atoms with van der Waals surface area (Å²) in [5, 5.41) is 4.58. The highest BCUT2D eigenvalue weighted by Gasteiger charge is 2.38. The van der Waals surface area contributed by atoms with Crippen LogP contribution in [0.3, 0.4) is 0 Å². The van der Waals surface area contributed by atoms with Crippen molar-refractivity contribution in [2.45, 2.75) is 20.1 Å². The summed E-state index contributed by atoms with van der Waals surface area (Å²) in [7, 11) is 0. The Morgan fingerprint density at radius 1 is 1.10 bits per heavy atom. The van der Waals surface area contributed by atoms with Crippen molar-refractivity contribution in [2.75, 3.05) is 6.61 Å². The van der Waals surface area contributed by atoms with E-state index in [1.54, 1.807) is 68.4 Å². The molecule has 0 spiro atoms. The second-order valence-electron chi connectivity index (χ2n) is 6.99. The van der Waals surface area contributed by atoms with Gasteiger partial charge in [-0.15, -0.1) is 0 Å². The van der Waals surface area contributed by atoms with Crippen LogP contribution in [-0.4, -0.2) is 33.1 Å². The van der Waals surface area contributed by atoms with Gasteiger partial charge < -0.3 is 9.47 Å². The molecule has 0 saturated carbocycles. The molecule has 8 heteroatoms. The standard InChI is InChI=1S/C21H20ClN3O4/c1-21(2,12-28-20(27)15-6-4-3-5-7-15)18(26)19(25-14-23-13-24-25)29-17-10-8-16(22)9-11-17/h3-11,13-14,19H,12H2,1-2H3. The quantitative estimate of drug-likeness (QED) is 0.520. The highest BCUT2D eigenvalue weighted by Crippen LogP contribution is 2.28. The normalized spacial score (nSPS) is 12.2. The molecule has 1 aromatic heterocycles. The lowest BCUT2D eigenvalue weighted by Crippen LogP contribution is -2.39. The summed E-state index contributed by atoms with van der Waals surface area (Å²) in [5.74, 6) is -0.374. The average Bonchev–Trinajstić information content (AvgIpc) is 3.26. The number of esters is 1. The van der Waals surface area contributed by atoms with Crippen LogP contribution in [0.2, 0.25) is 5.02 Å². The summed E-state index contributed by atoms with van der Waals surface area (Å²) in [6.45, 7) is 3.25. The lowest BCUT2D eigenvalue weighted by atomic mass is 9.88. The minimum atomic E-state index is -1.08. The first-order chi connectivity index (χ1) is 13.9. The van der Waals surface area contributed by atoms with Crippen LogP contribution >= 0.6 is 11.6 Å². The molecule has 0 bridgehead atoms. The Labute approximate surface area is 173 Å². The fourth-order valence-corrected chi connectivity index (χ4v) is 2.64. The number of carbonyl (C=O) groups is 2. The first-order valence-corrected chi connectivity index (χ1v) is 9.27. The van der Waals surface area contributed by atoms with E-state index in [1.807, 2.05) is 0 Å². The van der Waals surface area contributed by atoms with Crippen LogP contribution in [0.5, 0.6) is 5.75 Å². The highest BCUT2D eigenvalue weighted by molar-refractivity contribution is 6.30. The highest BCUT2D eigenvalue weighted by atomic mass is 35.5. The summed E-state index contributed by atoms with van der Waals surface area (Å²) >= 11 is 5.91. The third kappa shape index (κ3) is 5.20. The molecule has 29 heavy (non-hydrogen) atoms. The molecule has 1 atom stereocenters. The molecular formula is C21H20ClN3O4. The molecular weight excluding hydrogens is 394 g/mol. The van der Waals surface area contributed by atoms with E-state index in [-0.39, 0.29) is 12.4 Å². The predicted octanol–water partition coefficient (Wildman–Crippen LogP) is 3.96. The summed E-state index contributed by atoms with van der Waals surface area (Å²) in [6.07, 6.45) is 1.63. The van der Waals surface area contributed by atoms with Gasteiger partial charge in [-0.05, 0) is 50.2 Å². The molecule has 0 aliphatic heterocycles. The van der Waals surface area contributed by atoms with Crippen LogP contribution in [0, 0.1) is 5.41 Å². The van der Waals surface area contributed by atoms with E-state index in [0.717, 1.165) is 0 Å².